The van der Waals surface area contributed by atoms with Crippen molar-refractivity contribution in [3.63, 3.8) is 0 Å². The van der Waals surface area contributed by atoms with Crippen LogP contribution in [0.3, 0.4) is 0 Å². The number of carbonyl (C=O) groups excluding carboxylic acids is 1. The van der Waals surface area contributed by atoms with Crippen LogP contribution in [0.25, 0.3) is 0 Å². The first-order valence-corrected chi connectivity index (χ1v) is 5.47. The second kappa shape index (κ2) is 6.85. The molecule has 0 aromatic heterocycles. The van der Waals surface area contributed by atoms with Gasteiger partial charge in [0.2, 0.25) is 0 Å². The summed E-state index contributed by atoms with van der Waals surface area (Å²) in [7, 11) is 0. The van der Waals surface area contributed by atoms with E-state index in [1.54, 1.807) is 6.92 Å². The summed E-state index contributed by atoms with van der Waals surface area (Å²) in [6, 6.07) is 0. The smallest absolute Gasteiger partial charge is 0.330 e. The van der Waals surface area contributed by atoms with E-state index >= 15 is 0 Å². The van der Waals surface area contributed by atoms with Gasteiger partial charge in [0.1, 0.15) is 0 Å². The SMILES string of the molecule is CCOC(=O)C=C(CBr)CBr. The van der Waals surface area contributed by atoms with E-state index in [9.17, 15) is 4.79 Å². The first-order chi connectivity index (χ1) is 5.24. The summed E-state index contributed by atoms with van der Waals surface area (Å²) in [5.41, 5.74) is 0.975. The standard InChI is InChI=1S/C7H10Br2O2/c1-2-11-7(10)3-6(4-8)5-9/h3H,2,4-5H2,1H3. The maximum atomic E-state index is 10.8. The molecule has 0 fully saturated rings. The van der Waals surface area contributed by atoms with Crippen molar-refractivity contribution < 1.29 is 9.53 Å². The zero-order valence-corrected chi connectivity index (χ0v) is 9.44. The number of alkyl halides is 2. The Hall–Kier alpha value is 0.170. The monoisotopic (exact) mass is 284 g/mol. The second-order valence-corrected chi connectivity index (χ2v) is 2.94. The highest BCUT2D eigenvalue weighted by atomic mass is 79.9. The molecule has 64 valence electrons. The number of carbonyl (C=O) groups is 1. The lowest BCUT2D eigenvalue weighted by molar-refractivity contribution is -0.137. The van der Waals surface area contributed by atoms with Gasteiger partial charge in [0.15, 0.2) is 0 Å². The number of rotatable bonds is 4. The van der Waals surface area contributed by atoms with Gasteiger partial charge in [0.05, 0.1) is 6.61 Å². The Morgan fingerprint density at radius 3 is 2.36 bits per heavy atom. The van der Waals surface area contributed by atoms with Crippen LogP contribution in [0.15, 0.2) is 11.6 Å². The Labute approximate surface area is 83.2 Å². The number of hydrogen-bond donors (Lipinski definition) is 0. The van der Waals surface area contributed by atoms with E-state index in [4.69, 9.17) is 4.74 Å². The molecular weight excluding hydrogens is 276 g/mol. The minimum atomic E-state index is -0.276. The Kier molecular flexibility index (Phi) is 6.96. The van der Waals surface area contributed by atoms with Crippen molar-refractivity contribution in [1.29, 1.82) is 0 Å². The number of ether oxygens (including phenoxy) is 1. The lowest BCUT2D eigenvalue weighted by Gasteiger charge is -1.98. The number of halogens is 2. The lowest BCUT2D eigenvalue weighted by atomic mass is 10.3. The van der Waals surface area contributed by atoms with Gasteiger partial charge in [-0.3, -0.25) is 0 Å². The summed E-state index contributed by atoms with van der Waals surface area (Å²) in [5, 5.41) is 1.38. The molecule has 0 aliphatic carbocycles. The molecule has 0 spiro atoms. The van der Waals surface area contributed by atoms with Crippen LogP contribution >= 0.6 is 31.9 Å². The molecule has 0 amide bonds. The van der Waals surface area contributed by atoms with E-state index < -0.39 is 0 Å². The van der Waals surface area contributed by atoms with Crippen LogP contribution in [0.4, 0.5) is 0 Å². The predicted molar refractivity (Wildman–Crippen MR) is 52.3 cm³/mol. The first kappa shape index (κ1) is 11.2. The molecule has 0 unspecified atom stereocenters. The summed E-state index contributed by atoms with van der Waals surface area (Å²) in [6.45, 7) is 2.21. The van der Waals surface area contributed by atoms with Crippen molar-refractivity contribution in [3.05, 3.63) is 11.6 Å². The molecule has 0 saturated carbocycles. The van der Waals surface area contributed by atoms with Crippen LogP contribution in [0.5, 0.6) is 0 Å². The maximum absolute atomic E-state index is 10.8. The Morgan fingerprint density at radius 1 is 1.45 bits per heavy atom. The molecular formula is C7H10Br2O2. The third kappa shape index (κ3) is 5.44. The zero-order valence-electron chi connectivity index (χ0n) is 6.27. The Morgan fingerprint density at radius 2 is 2.00 bits per heavy atom. The van der Waals surface area contributed by atoms with Gasteiger partial charge in [-0.25, -0.2) is 4.79 Å². The van der Waals surface area contributed by atoms with Gasteiger partial charge in [0.25, 0.3) is 0 Å². The van der Waals surface area contributed by atoms with Crippen molar-refractivity contribution in [3.8, 4) is 0 Å². The Balaban J connectivity index is 3.93. The van der Waals surface area contributed by atoms with Gasteiger partial charge < -0.3 is 4.74 Å². The van der Waals surface area contributed by atoms with Gasteiger partial charge >= 0.3 is 5.97 Å². The van der Waals surface area contributed by atoms with Crippen LogP contribution in [0, 0.1) is 0 Å². The molecule has 0 saturated heterocycles. The van der Waals surface area contributed by atoms with E-state index in [0.717, 1.165) is 5.57 Å². The summed E-state index contributed by atoms with van der Waals surface area (Å²) >= 11 is 6.50. The van der Waals surface area contributed by atoms with Crippen molar-refractivity contribution in [1.82, 2.24) is 0 Å². The number of esters is 1. The molecule has 0 atom stereocenters. The molecule has 0 N–H and O–H groups in total. The van der Waals surface area contributed by atoms with E-state index in [-0.39, 0.29) is 5.97 Å². The third-order valence-electron chi connectivity index (χ3n) is 0.952. The normalized spacial score (nSPS) is 9.00. The molecule has 0 bridgehead atoms. The zero-order chi connectivity index (χ0) is 8.69. The molecule has 0 aliphatic heterocycles. The fourth-order valence-corrected chi connectivity index (χ4v) is 1.72. The molecule has 0 radical (unpaired) electrons. The average Bonchev–Trinajstić information content (AvgIpc) is 2.01. The van der Waals surface area contributed by atoms with E-state index in [0.29, 0.717) is 17.3 Å². The number of allylic oxidation sites excluding steroid dienone is 1. The van der Waals surface area contributed by atoms with Gasteiger partial charge in [-0.2, -0.15) is 0 Å². The maximum Gasteiger partial charge on any atom is 0.330 e. The second-order valence-electron chi connectivity index (χ2n) is 1.82. The molecule has 0 aliphatic rings. The van der Waals surface area contributed by atoms with Crippen LogP contribution in [0.2, 0.25) is 0 Å². The molecule has 0 rings (SSSR count). The third-order valence-corrected chi connectivity index (χ3v) is 2.39. The molecule has 4 heteroatoms. The van der Waals surface area contributed by atoms with E-state index in [1.165, 1.54) is 6.08 Å². The molecule has 0 aromatic rings. The van der Waals surface area contributed by atoms with Crippen molar-refractivity contribution in [2.75, 3.05) is 17.3 Å². The minimum Gasteiger partial charge on any atom is -0.463 e. The van der Waals surface area contributed by atoms with Crippen LogP contribution < -0.4 is 0 Å². The van der Waals surface area contributed by atoms with Crippen LogP contribution in [0.1, 0.15) is 6.92 Å². The van der Waals surface area contributed by atoms with Gasteiger partial charge in [-0.1, -0.05) is 31.9 Å². The van der Waals surface area contributed by atoms with E-state index in [1.807, 2.05) is 0 Å². The summed E-state index contributed by atoms with van der Waals surface area (Å²) in [6.07, 6.45) is 1.49. The van der Waals surface area contributed by atoms with Gasteiger partial charge in [0, 0.05) is 16.7 Å². The highest BCUT2D eigenvalue weighted by Crippen LogP contribution is 2.03. The van der Waals surface area contributed by atoms with Gasteiger partial charge in [-0.05, 0) is 12.5 Å². The van der Waals surface area contributed by atoms with Crippen molar-refractivity contribution >= 4 is 37.8 Å². The fraction of sp³-hybridized carbons (Fsp3) is 0.571. The van der Waals surface area contributed by atoms with Crippen LogP contribution in [-0.4, -0.2) is 23.2 Å². The highest BCUT2D eigenvalue weighted by Gasteiger charge is 1.98. The van der Waals surface area contributed by atoms with Gasteiger partial charge in [-0.15, -0.1) is 0 Å². The van der Waals surface area contributed by atoms with Crippen LogP contribution in [-0.2, 0) is 9.53 Å². The summed E-state index contributed by atoms with van der Waals surface area (Å²) in [5.74, 6) is -0.276. The minimum absolute atomic E-state index is 0.276. The summed E-state index contributed by atoms with van der Waals surface area (Å²) < 4.78 is 4.72. The van der Waals surface area contributed by atoms with E-state index in [2.05, 4.69) is 31.9 Å². The predicted octanol–water partition coefficient (Wildman–Crippen LogP) is 2.27. The highest BCUT2D eigenvalue weighted by molar-refractivity contribution is 9.10. The number of hydrogen-bond acceptors (Lipinski definition) is 2. The molecule has 0 heterocycles. The average molecular weight is 286 g/mol. The largest absolute Gasteiger partial charge is 0.463 e. The quantitative estimate of drug-likeness (QED) is 0.450. The fourth-order valence-electron chi connectivity index (χ4n) is 0.463. The first-order valence-electron chi connectivity index (χ1n) is 3.22. The van der Waals surface area contributed by atoms with Crippen molar-refractivity contribution in [2.45, 2.75) is 6.92 Å². The van der Waals surface area contributed by atoms with Crippen molar-refractivity contribution in [2.24, 2.45) is 0 Å². The Bertz CT molecular complexity index is 149. The molecule has 11 heavy (non-hydrogen) atoms. The lowest BCUT2D eigenvalue weighted by Crippen LogP contribution is -2.02. The molecule has 2 nitrogen and oxygen atoms in total. The molecule has 0 aromatic carbocycles. The summed E-state index contributed by atoms with van der Waals surface area (Å²) in [4.78, 5) is 10.8. The topological polar surface area (TPSA) is 26.3 Å².